The van der Waals surface area contributed by atoms with E-state index in [2.05, 4.69) is 5.32 Å². The standard InChI is InChI=1S/C19H18ClNO3/c1-11-17(22)8-7-16-14(9-18(23)24-19(11)16)10-21-12(2)13-3-5-15(20)6-4-13/h3-9,12,21-22H,10H2,1-2H3/t12-/m1/s1. The molecule has 0 unspecified atom stereocenters. The van der Waals surface area contributed by atoms with E-state index in [0.29, 0.717) is 22.7 Å². The number of phenolic OH excluding ortho intramolecular Hbond substituents is 1. The van der Waals surface area contributed by atoms with Crippen molar-refractivity contribution in [2.75, 3.05) is 0 Å². The summed E-state index contributed by atoms with van der Waals surface area (Å²) >= 11 is 5.91. The number of hydrogen-bond donors (Lipinski definition) is 2. The molecule has 0 amide bonds. The Morgan fingerprint density at radius 1 is 1.21 bits per heavy atom. The second kappa shape index (κ2) is 6.67. The third-order valence-corrected chi connectivity index (χ3v) is 4.44. The van der Waals surface area contributed by atoms with Crippen molar-refractivity contribution in [1.82, 2.24) is 5.32 Å². The summed E-state index contributed by atoms with van der Waals surface area (Å²) in [7, 11) is 0. The summed E-state index contributed by atoms with van der Waals surface area (Å²) < 4.78 is 5.26. The highest BCUT2D eigenvalue weighted by atomic mass is 35.5. The molecule has 1 atom stereocenters. The van der Waals surface area contributed by atoms with Crippen LogP contribution in [0.1, 0.15) is 29.7 Å². The smallest absolute Gasteiger partial charge is 0.336 e. The second-order valence-electron chi connectivity index (χ2n) is 5.83. The van der Waals surface area contributed by atoms with Crippen LogP contribution in [0.3, 0.4) is 0 Å². The fourth-order valence-electron chi connectivity index (χ4n) is 2.69. The van der Waals surface area contributed by atoms with Crippen LogP contribution < -0.4 is 10.9 Å². The van der Waals surface area contributed by atoms with Gasteiger partial charge in [0.2, 0.25) is 0 Å². The average Bonchev–Trinajstić information content (AvgIpc) is 2.56. The molecule has 5 heteroatoms. The van der Waals surface area contributed by atoms with Gasteiger partial charge in [0.1, 0.15) is 11.3 Å². The van der Waals surface area contributed by atoms with Crippen molar-refractivity contribution in [3.63, 3.8) is 0 Å². The van der Waals surface area contributed by atoms with Crippen molar-refractivity contribution < 1.29 is 9.52 Å². The van der Waals surface area contributed by atoms with Crippen molar-refractivity contribution in [3.05, 3.63) is 74.6 Å². The zero-order valence-electron chi connectivity index (χ0n) is 13.5. The Kier molecular flexibility index (Phi) is 4.60. The van der Waals surface area contributed by atoms with Gasteiger partial charge in [-0.15, -0.1) is 0 Å². The van der Waals surface area contributed by atoms with Crippen LogP contribution >= 0.6 is 11.6 Å². The molecular formula is C19H18ClNO3. The largest absolute Gasteiger partial charge is 0.508 e. The van der Waals surface area contributed by atoms with E-state index in [1.807, 2.05) is 31.2 Å². The van der Waals surface area contributed by atoms with Gasteiger partial charge in [0.25, 0.3) is 0 Å². The highest BCUT2D eigenvalue weighted by Crippen LogP contribution is 2.27. The SMILES string of the molecule is Cc1c(O)ccc2c(CN[C@H](C)c3ccc(Cl)cc3)cc(=O)oc12. The van der Waals surface area contributed by atoms with Gasteiger partial charge in [-0.3, -0.25) is 0 Å². The van der Waals surface area contributed by atoms with E-state index in [1.165, 1.54) is 6.07 Å². The molecule has 0 saturated heterocycles. The number of halogens is 1. The summed E-state index contributed by atoms with van der Waals surface area (Å²) in [5.41, 5.74) is 2.52. The Morgan fingerprint density at radius 3 is 2.62 bits per heavy atom. The Morgan fingerprint density at radius 2 is 1.92 bits per heavy atom. The highest BCUT2D eigenvalue weighted by Gasteiger charge is 2.12. The van der Waals surface area contributed by atoms with Gasteiger partial charge in [-0.25, -0.2) is 4.79 Å². The Labute approximate surface area is 144 Å². The van der Waals surface area contributed by atoms with Crippen LogP contribution in [0, 0.1) is 6.92 Å². The fraction of sp³-hybridized carbons (Fsp3) is 0.211. The van der Waals surface area contributed by atoms with Gasteiger partial charge in [0.05, 0.1) is 0 Å². The number of phenols is 1. The van der Waals surface area contributed by atoms with Crippen LogP contribution in [-0.4, -0.2) is 5.11 Å². The average molecular weight is 344 g/mol. The molecular weight excluding hydrogens is 326 g/mol. The number of benzene rings is 2. The topological polar surface area (TPSA) is 62.5 Å². The maximum atomic E-state index is 11.8. The molecule has 0 aliphatic rings. The predicted molar refractivity (Wildman–Crippen MR) is 95.6 cm³/mol. The number of fused-ring (bicyclic) bond motifs is 1. The van der Waals surface area contributed by atoms with Gasteiger partial charge in [-0.05, 0) is 49.2 Å². The summed E-state index contributed by atoms with van der Waals surface area (Å²) in [6, 6.07) is 12.6. The molecule has 24 heavy (non-hydrogen) atoms. The molecule has 1 aromatic heterocycles. The van der Waals surface area contributed by atoms with E-state index < -0.39 is 5.63 Å². The minimum Gasteiger partial charge on any atom is -0.508 e. The molecule has 2 N–H and O–H groups in total. The van der Waals surface area contributed by atoms with Gasteiger partial charge >= 0.3 is 5.63 Å². The van der Waals surface area contributed by atoms with Crippen LogP contribution in [0.2, 0.25) is 5.02 Å². The van der Waals surface area contributed by atoms with Crippen LogP contribution in [0.25, 0.3) is 11.0 Å². The molecule has 0 spiro atoms. The normalized spacial score (nSPS) is 12.5. The first-order valence-corrected chi connectivity index (χ1v) is 8.07. The maximum Gasteiger partial charge on any atom is 0.336 e. The lowest BCUT2D eigenvalue weighted by Gasteiger charge is -2.15. The van der Waals surface area contributed by atoms with Gasteiger partial charge < -0.3 is 14.8 Å². The van der Waals surface area contributed by atoms with Gasteiger partial charge in [-0.2, -0.15) is 0 Å². The van der Waals surface area contributed by atoms with E-state index in [4.69, 9.17) is 16.0 Å². The number of rotatable bonds is 4. The van der Waals surface area contributed by atoms with E-state index in [-0.39, 0.29) is 11.8 Å². The lowest BCUT2D eigenvalue weighted by atomic mass is 10.0. The van der Waals surface area contributed by atoms with E-state index in [1.54, 1.807) is 19.1 Å². The minimum atomic E-state index is -0.424. The van der Waals surface area contributed by atoms with Crippen molar-refractivity contribution in [1.29, 1.82) is 0 Å². The summed E-state index contributed by atoms with van der Waals surface area (Å²) in [4.78, 5) is 11.8. The zero-order valence-corrected chi connectivity index (χ0v) is 14.2. The molecule has 0 fully saturated rings. The Hall–Kier alpha value is -2.30. The van der Waals surface area contributed by atoms with Crippen molar-refractivity contribution in [2.24, 2.45) is 0 Å². The van der Waals surface area contributed by atoms with Crippen LogP contribution in [-0.2, 0) is 6.54 Å². The first-order valence-electron chi connectivity index (χ1n) is 7.70. The Bertz CT molecular complexity index is 932. The fourth-order valence-corrected chi connectivity index (χ4v) is 2.82. The molecule has 0 aliphatic heterocycles. The number of hydrogen-bond acceptors (Lipinski definition) is 4. The van der Waals surface area contributed by atoms with Crippen LogP contribution in [0.15, 0.2) is 51.7 Å². The highest BCUT2D eigenvalue weighted by molar-refractivity contribution is 6.30. The Balaban J connectivity index is 1.89. The third kappa shape index (κ3) is 3.30. The molecule has 0 aliphatic carbocycles. The zero-order chi connectivity index (χ0) is 17.3. The van der Waals surface area contributed by atoms with Crippen molar-refractivity contribution >= 4 is 22.6 Å². The number of aryl methyl sites for hydroxylation is 1. The maximum absolute atomic E-state index is 11.8. The van der Waals surface area contributed by atoms with Gasteiger partial charge in [0.15, 0.2) is 0 Å². The molecule has 4 nitrogen and oxygen atoms in total. The first kappa shape index (κ1) is 16.6. The molecule has 1 heterocycles. The summed E-state index contributed by atoms with van der Waals surface area (Å²) in [6.45, 7) is 4.29. The summed E-state index contributed by atoms with van der Waals surface area (Å²) in [6.07, 6.45) is 0. The summed E-state index contributed by atoms with van der Waals surface area (Å²) in [5.74, 6) is 0.116. The van der Waals surface area contributed by atoms with Crippen molar-refractivity contribution in [2.45, 2.75) is 26.4 Å². The molecule has 0 bridgehead atoms. The number of aromatic hydroxyl groups is 1. The lowest BCUT2D eigenvalue weighted by Crippen LogP contribution is -2.19. The second-order valence-corrected chi connectivity index (χ2v) is 6.27. The van der Waals surface area contributed by atoms with E-state index >= 15 is 0 Å². The van der Waals surface area contributed by atoms with Crippen molar-refractivity contribution in [3.8, 4) is 5.75 Å². The number of nitrogens with one attached hydrogen (secondary N) is 1. The molecule has 124 valence electrons. The molecule has 3 aromatic rings. The minimum absolute atomic E-state index is 0.0998. The molecule has 3 rings (SSSR count). The van der Waals surface area contributed by atoms with Gasteiger partial charge in [0, 0.05) is 34.6 Å². The lowest BCUT2D eigenvalue weighted by molar-refractivity contribution is 0.468. The van der Waals surface area contributed by atoms with E-state index in [9.17, 15) is 9.90 Å². The van der Waals surface area contributed by atoms with Crippen LogP contribution in [0.5, 0.6) is 5.75 Å². The van der Waals surface area contributed by atoms with Crippen LogP contribution in [0.4, 0.5) is 0 Å². The molecule has 2 aromatic carbocycles. The first-order chi connectivity index (χ1) is 11.5. The monoisotopic (exact) mass is 343 g/mol. The predicted octanol–water partition coefficient (Wildman–Crippen LogP) is 4.31. The molecule has 0 radical (unpaired) electrons. The van der Waals surface area contributed by atoms with E-state index in [0.717, 1.165) is 16.5 Å². The molecule has 0 saturated carbocycles. The third-order valence-electron chi connectivity index (χ3n) is 4.19. The summed E-state index contributed by atoms with van der Waals surface area (Å²) in [5, 5.41) is 14.7. The van der Waals surface area contributed by atoms with Gasteiger partial charge in [-0.1, -0.05) is 23.7 Å². The quantitative estimate of drug-likeness (QED) is 0.693.